The van der Waals surface area contributed by atoms with Crippen LogP contribution in [0.15, 0.2) is 24.3 Å². The monoisotopic (exact) mass is 262 g/mol. The number of hydrogen-bond donors (Lipinski definition) is 2. The van der Waals surface area contributed by atoms with Crippen molar-refractivity contribution in [2.45, 2.75) is 25.3 Å². The number of ether oxygens (including phenoxy) is 1. The first-order chi connectivity index (χ1) is 8.61. The predicted octanol–water partition coefficient (Wildman–Crippen LogP) is 1.87. The maximum Gasteiger partial charge on any atom is 0.261 e. The van der Waals surface area contributed by atoms with Crippen LogP contribution >= 0.6 is 0 Å². The molecule has 6 heteroatoms. The molecule has 0 saturated heterocycles. The zero-order valence-electron chi connectivity index (χ0n) is 9.91. The highest BCUT2D eigenvalue weighted by Crippen LogP contribution is 2.07. The van der Waals surface area contributed by atoms with E-state index < -0.39 is 13.0 Å². The molecule has 0 aromatic heterocycles. The van der Waals surface area contributed by atoms with E-state index in [1.54, 1.807) is 12.1 Å². The molecule has 1 rings (SSSR count). The Hall–Kier alpha value is -1.11. The molecular weight excluding hydrogens is 245 g/mol. The highest BCUT2D eigenvalue weighted by molar-refractivity contribution is 5.17. The predicted molar refractivity (Wildman–Crippen MR) is 62.7 cm³/mol. The molecule has 0 bridgehead atoms. The van der Waals surface area contributed by atoms with Crippen molar-refractivity contribution in [1.82, 2.24) is 5.43 Å². The van der Waals surface area contributed by atoms with Gasteiger partial charge in [0, 0.05) is 12.6 Å². The van der Waals surface area contributed by atoms with Gasteiger partial charge in [-0.2, -0.15) is 0 Å². The van der Waals surface area contributed by atoms with Gasteiger partial charge in [0.1, 0.15) is 12.4 Å². The topological polar surface area (TPSA) is 47.3 Å². The van der Waals surface area contributed by atoms with Gasteiger partial charge >= 0.3 is 0 Å². The molecule has 0 spiro atoms. The zero-order chi connectivity index (χ0) is 13.4. The minimum absolute atomic E-state index is 0.0897. The van der Waals surface area contributed by atoms with E-state index in [2.05, 4.69) is 5.43 Å². The first-order valence-corrected chi connectivity index (χ1v) is 5.68. The second-order valence-corrected chi connectivity index (χ2v) is 3.95. The van der Waals surface area contributed by atoms with Crippen LogP contribution in [-0.4, -0.2) is 25.7 Å². The van der Waals surface area contributed by atoms with E-state index in [4.69, 9.17) is 10.6 Å². The van der Waals surface area contributed by atoms with Crippen LogP contribution in [0.1, 0.15) is 12.0 Å². The smallest absolute Gasteiger partial charge is 0.261 e. The minimum atomic E-state index is -2.45. The van der Waals surface area contributed by atoms with Gasteiger partial charge in [0.05, 0.1) is 0 Å². The van der Waals surface area contributed by atoms with Gasteiger partial charge in [-0.15, -0.1) is 0 Å². The average Bonchev–Trinajstić information content (AvgIpc) is 2.35. The number of halogens is 3. The Morgan fingerprint density at radius 2 is 1.89 bits per heavy atom. The van der Waals surface area contributed by atoms with E-state index in [9.17, 15) is 13.2 Å². The number of hydrogen-bond acceptors (Lipinski definition) is 3. The third-order valence-corrected chi connectivity index (χ3v) is 2.49. The first-order valence-electron chi connectivity index (χ1n) is 5.68. The lowest BCUT2D eigenvalue weighted by Crippen LogP contribution is -2.37. The summed E-state index contributed by atoms with van der Waals surface area (Å²) in [5.41, 5.74) is 3.52. The molecule has 18 heavy (non-hydrogen) atoms. The lowest BCUT2D eigenvalue weighted by molar-refractivity contribution is 0.0144. The second-order valence-electron chi connectivity index (χ2n) is 3.95. The molecule has 1 unspecified atom stereocenters. The molecule has 0 radical (unpaired) electrons. The van der Waals surface area contributed by atoms with Crippen molar-refractivity contribution in [3.05, 3.63) is 35.6 Å². The van der Waals surface area contributed by atoms with Crippen LogP contribution in [0.5, 0.6) is 0 Å². The molecule has 0 saturated carbocycles. The fourth-order valence-corrected chi connectivity index (χ4v) is 1.55. The molecule has 1 aromatic carbocycles. The maximum atomic E-state index is 12.7. The molecule has 1 atom stereocenters. The van der Waals surface area contributed by atoms with Crippen molar-refractivity contribution in [1.29, 1.82) is 0 Å². The Kier molecular flexibility index (Phi) is 6.70. The third-order valence-electron chi connectivity index (χ3n) is 2.49. The van der Waals surface area contributed by atoms with Crippen molar-refractivity contribution in [3.63, 3.8) is 0 Å². The number of benzene rings is 1. The van der Waals surface area contributed by atoms with Crippen molar-refractivity contribution in [2.24, 2.45) is 5.84 Å². The normalized spacial score (nSPS) is 12.9. The number of nitrogens with two attached hydrogens (primary N) is 1. The van der Waals surface area contributed by atoms with Crippen LogP contribution in [0.25, 0.3) is 0 Å². The molecule has 0 aliphatic carbocycles. The summed E-state index contributed by atoms with van der Waals surface area (Å²) in [6.45, 7) is -0.353. The molecule has 1 aromatic rings. The molecule has 0 aliphatic rings. The number of rotatable bonds is 8. The minimum Gasteiger partial charge on any atom is -0.375 e. The van der Waals surface area contributed by atoms with Gasteiger partial charge in [0.15, 0.2) is 0 Å². The fraction of sp³-hybridized carbons (Fsp3) is 0.500. The molecule has 3 N–H and O–H groups in total. The van der Waals surface area contributed by atoms with Crippen LogP contribution in [0, 0.1) is 5.82 Å². The summed E-state index contributed by atoms with van der Waals surface area (Å²) in [5, 5.41) is 0. The van der Waals surface area contributed by atoms with Gasteiger partial charge in [-0.3, -0.25) is 11.3 Å². The number of nitrogens with one attached hydrogen (secondary N) is 1. The Morgan fingerprint density at radius 3 is 2.44 bits per heavy atom. The summed E-state index contributed by atoms with van der Waals surface area (Å²) in [7, 11) is 0. The molecule has 102 valence electrons. The third kappa shape index (κ3) is 6.00. The van der Waals surface area contributed by atoms with Gasteiger partial charge in [-0.05, 0) is 30.5 Å². The highest BCUT2D eigenvalue weighted by Gasteiger charge is 2.09. The Labute approximate surface area is 104 Å². The Bertz CT molecular complexity index is 333. The van der Waals surface area contributed by atoms with Crippen molar-refractivity contribution in [3.8, 4) is 0 Å². The SMILES string of the molecule is NNC(CCOCC(F)F)Cc1ccc(F)cc1. The maximum absolute atomic E-state index is 12.7. The van der Waals surface area contributed by atoms with Crippen LogP contribution in [-0.2, 0) is 11.2 Å². The average molecular weight is 262 g/mol. The van der Waals surface area contributed by atoms with E-state index in [-0.39, 0.29) is 18.5 Å². The summed E-state index contributed by atoms with van der Waals surface area (Å²) < 4.78 is 41.1. The van der Waals surface area contributed by atoms with E-state index in [1.165, 1.54) is 12.1 Å². The summed E-state index contributed by atoms with van der Waals surface area (Å²) in [6.07, 6.45) is -1.35. The molecule has 0 fully saturated rings. The van der Waals surface area contributed by atoms with Crippen LogP contribution < -0.4 is 11.3 Å². The fourth-order valence-electron chi connectivity index (χ4n) is 1.55. The molecule has 0 amide bonds. The standard InChI is InChI=1S/C12H17F3N2O/c13-10-3-1-9(2-4-10)7-11(17-16)5-6-18-8-12(14)15/h1-4,11-12,17H,5-8,16H2. The van der Waals surface area contributed by atoms with Gasteiger partial charge in [-0.25, -0.2) is 13.2 Å². The quantitative estimate of drug-likeness (QED) is 0.427. The number of hydrazine groups is 1. The van der Waals surface area contributed by atoms with Crippen LogP contribution in [0.4, 0.5) is 13.2 Å². The summed E-state index contributed by atoms with van der Waals surface area (Å²) in [6, 6.07) is 5.99. The molecule has 0 aliphatic heterocycles. The lowest BCUT2D eigenvalue weighted by Gasteiger charge is -2.15. The second kappa shape index (κ2) is 8.07. The zero-order valence-corrected chi connectivity index (χ0v) is 9.91. The van der Waals surface area contributed by atoms with E-state index >= 15 is 0 Å². The summed E-state index contributed by atoms with van der Waals surface area (Å²) >= 11 is 0. The lowest BCUT2D eigenvalue weighted by atomic mass is 10.0. The number of alkyl halides is 2. The van der Waals surface area contributed by atoms with Crippen molar-refractivity contribution >= 4 is 0 Å². The molecule has 3 nitrogen and oxygen atoms in total. The van der Waals surface area contributed by atoms with Gasteiger partial charge in [0.2, 0.25) is 0 Å². The Morgan fingerprint density at radius 1 is 1.22 bits per heavy atom. The van der Waals surface area contributed by atoms with Gasteiger partial charge in [0.25, 0.3) is 6.43 Å². The molecular formula is C12H17F3N2O. The van der Waals surface area contributed by atoms with Crippen molar-refractivity contribution in [2.75, 3.05) is 13.2 Å². The first kappa shape index (κ1) is 14.9. The summed E-state index contributed by atoms with van der Waals surface area (Å²) in [4.78, 5) is 0. The highest BCUT2D eigenvalue weighted by atomic mass is 19.3. The van der Waals surface area contributed by atoms with E-state index in [0.29, 0.717) is 12.8 Å². The van der Waals surface area contributed by atoms with Gasteiger partial charge < -0.3 is 4.74 Å². The van der Waals surface area contributed by atoms with E-state index in [0.717, 1.165) is 5.56 Å². The largest absolute Gasteiger partial charge is 0.375 e. The Balaban J connectivity index is 2.30. The van der Waals surface area contributed by atoms with Crippen molar-refractivity contribution < 1.29 is 17.9 Å². The van der Waals surface area contributed by atoms with Gasteiger partial charge in [-0.1, -0.05) is 12.1 Å². The molecule has 0 heterocycles. The van der Waals surface area contributed by atoms with Crippen LogP contribution in [0.3, 0.4) is 0 Å². The van der Waals surface area contributed by atoms with E-state index in [1.807, 2.05) is 0 Å². The summed E-state index contributed by atoms with van der Waals surface area (Å²) in [5.74, 6) is 5.07. The van der Waals surface area contributed by atoms with Crippen LogP contribution in [0.2, 0.25) is 0 Å².